The highest BCUT2D eigenvalue weighted by atomic mass is 19.1. The number of nitrogens with one attached hydrogen (secondary N) is 1. The SMILES string of the molecule is CC(=O)OCOc1ccccc1C(=O)N[C@@H](C)C(=O)O[C@@H](C)C(c1ccc(F)cc1)c1ccc(F)cc1. The molecule has 3 aromatic carbocycles. The van der Waals surface area contributed by atoms with E-state index in [2.05, 4.69) is 5.32 Å². The lowest BCUT2D eigenvalue weighted by atomic mass is 9.87. The van der Waals surface area contributed by atoms with Crippen molar-refractivity contribution >= 4 is 17.8 Å². The summed E-state index contributed by atoms with van der Waals surface area (Å²) in [6, 6.07) is 16.7. The lowest BCUT2D eigenvalue weighted by molar-refractivity contribution is -0.151. The van der Waals surface area contributed by atoms with Gasteiger partial charge in [-0.3, -0.25) is 9.59 Å². The van der Waals surface area contributed by atoms with Gasteiger partial charge in [0.15, 0.2) is 0 Å². The van der Waals surface area contributed by atoms with Crippen molar-refractivity contribution in [3.63, 3.8) is 0 Å². The van der Waals surface area contributed by atoms with Gasteiger partial charge in [0.2, 0.25) is 6.79 Å². The maximum absolute atomic E-state index is 13.5. The van der Waals surface area contributed by atoms with Crippen molar-refractivity contribution < 1.29 is 37.4 Å². The highest BCUT2D eigenvalue weighted by molar-refractivity contribution is 5.99. The van der Waals surface area contributed by atoms with Gasteiger partial charge >= 0.3 is 11.9 Å². The van der Waals surface area contributed by atoms with Crippen LogP contribution in [-0.2, 0) is 19.1 Å². The molecule has 0 unspecified atom stereocenters. The highest BCUT2D eigenvalue weighted by Crippen LogP contribution is 2.30. The summed E-state index contributed by atoms with van der Waals surface area (Å²) in [5.41, 5.74) is 1.48. The average Bonchev–Trinajstić information content (AvgIpc) is 2.86. The zero-order chi connectivity index (χ0) is 26.9. The molecular weight excluding hydrogens is 484 g/mol. The zero-order valence-corrected chi connectivity index (χ0v) is 20.6. The van der Waals surface area contributed by atoms with Gasteiger partial charge in [0.25, 0.3) is 5.91 Å². The van der Waals surface area contributed by atoms with Crippen LogP contribution in [-0.4, -0.2) is 36.8 Å². The van der Waals surface area contributed by atoms with Gasteiger partial charge in [-0.15, -0.1) is 0 Å². The molecule has 0 aliphatic heterocycles. The molecule has 0 saturated heterocycles. The topological polar surface area (TPSA) is 90.9 Å². The summed E-state index contributed by atoms with van der Waals surface area (Å²) in [6.45, 7) is 4.00. The van der Waals surface area contributed by atoms with Crippen LogP contribution in [0.5, 0.6) is 5.75 Å². The molecule has 37 heavy (non-hydrogen) atoms. The van der Waals surface area contributed by atoms with Crippen molar-refractivity contribution in [2.45, 2.75) is 38.8 Å². The zero-order valence-electron chi connectivity index (χ0n) is 20.6. The Hall–Kier alpha value is -4.27. The van der Waals surface area contributed by atoms with Crippen LogP contribution < -0.4 is 10.1 Å². The first kappa shape index (κ1) is 27.3. The molecule has 3 aromatic rings. The Labute approximate surface area is 213 Å². The highest BCUT2D eigenvalue weighted by Gasteiger charge is 2.28. The Kier molecular flexibility index (Phi) is 9.32. The number of esters is 2. The molecule has 194 valence electrons. The number of para-hydroxylation sites is 1. The summed E-state index contributed by atoms with van der Waals surface area (Å²) in [5.74, 6) is -3.00. The van der Waals surface area contributed by atoms with Crippen molar-refractivity contribution in [1.29, 1.82) is 0 Å². The van der Waals surface area contributed by atoms with Crippen molar-refractivity contribution in [3.8, 4) is 5.75 Å². The van der Waals surface area contributed by atoms with Gasteiger partial charge in [0.05, 0.1) is 5.56 Å². The molecule has 0 aliphatic rings. The number of hydrogen-bond donors (Lipinski definition) is 1. The lowest BCUT2D eigenvalue weighted by Gasteiger charge is -2.26. The first-order chi connectivity index (χ1) is 17.7. The third-order valence-corrected chi connectivity index (χ3v) is 5.54. The van der Waals surface area contributed by atoms with E-state index in [0.29, 0.717) is 11.1 Å². The summed E-state index contributed by atoms with van der Waals surface area (Å²) in [6.07, 6.45) is -0.734. The van der Waals surface area contributed by atoms with Gasteiger partial charge in [-0.2, -0.15) is 0 Å². The molecule has 0 spiro atoms. The standard InChI is InChI=1S/C28H27F2NO6/c1-17(31-27(33)24-6-4-5-7-25(24)36-16-35-19(3)32)28(34)37-18(2)26(20-8-12-22(29)13-9-20)21-10-14-23(30)15-11-21/h4-15,17-18,26H,16H2,1-3H3,(H,31,33)/t17-,18-/m0/s1. The molecule has 0 bridgehead atoms. The second-order valence-electron chi connectivity index (χ2n) is 8.31. The van der Waals surface area contributed by atoms with Crippen molar-refractivity contribution in [2.75, 3.05) is 6.79 Å². The molecule has 0 radical (unpaired) electrons. The normalized spacial score (nSPS) is 12.4. The molecule has 0 fully saturated rings. The molecule has 1 amide bonds. The first-order valence-electron chi connectivity index (χ1n) is 11.5. The number of benzene rings is 3. The van der Waals surface area contributed by atoms with Crippen molar-refractivity contribution in [1.82, 2.24) is 5.32 Å². The minimum Gasteiger partial charge on any atom is -0.460 e. The third kappa shape index (κ3) is 7.60. The third-order valence-electron chi connectivity index (χ3n) is 5.54. The monoisotopic (exact) mass is 511 g/mol. The largest absolute Gasteiger partial charge is 0.460 e. The number of carbonyl (C=O) groups excluding carboxylic acids is 3. The van der Waals surface area contributed by atoms with Crippen LogP contribution in [0.15, 0.2) is 72.8 Å². The molecule has 0 heterocycles. The van der Waals surface area contributed by atoms with Gasteiger partial charge in [-0.25, -0.2) is 13.6 Å². The minimum absolute atomic E-state index is 0.137. The molecule has 0 saturated carbocycles. The molecule has 2 atom stereocenters. The van der Waals surface area contributed by atoms with Crippen LogP contribution in [0.2, 0.25) is 0 Å². The number of halogens is 2. The minimum atomic E-state index is -1.03. The lowest BCUT2D eigenvalue weighted by Crippen LogP contribution is -2.41. The molecule has 0 aromatic heterocycles. The quantitative estimate of drug-likeness (QED) is 0.312. The second kappa shape index (κ2) is 12.6. The van der Waals surface area contributed by atoms with E-state index < -0.39 is 47.5 Å². The van der Waals surface area contributed by atoms with Gasteiger partial charge < -0.3 is 19.5 Å². The van der Waals surface area contributed by atoms with Crippen molar-refractivity contribution in [2.24, 2.45) is 0 Å². The summed E-state index contributed by atoms with van der Waals surface area (Å²) in [7, 11) is 0. The molecular formula is C28H27F2NO6. The second-order valence-corrected chi connectivity index (χ2v) is 8.31. The molecule has 3 rings (SSSR count). The van der Waals surface area contributed by atoms with Crippen LogP contribution in [0.4, 0.5) is 8.78 Å². The maximum atomic E-state index is 13.5. The molecule has 1 N–H and O–H groups in total. The van der Waals surface area contributed by atoms with Crippen LogP contribution in [0.1, 0.15) is 48.2 Å². The smallest absolute Gasteiger partial charge is 0.328 e. The summed E-state index contributed by atoms with van der Waals surface area (Å²) in [5, 5.41) is 2.57. The number of ether oxygens (including phenoxy) is 3. The van der Waals surface area contributed by atoms with E-state index >= 15 is 0 Å². The molecule has 0 aliphatic carbocycles. The fraction of sp³-hybridized carbons (Fsp3) is 0.250. The van der Waals surface area contributed by atoms with E-state index in [1.165, 1.54) is 50.2 Å². The predicted octanol–water partition coefficient (Wildman–Crippen LogP) is 4.75. The van der Waals surface area contributed by atoms with Gasteiger partial charge in [-0.1, -0.05) is 36.4 Å². The fourth-order valence-electron chi connectivity index (χ4n) is 3.72. The Bertz CT molecular complexity index is 1180. The van der Waals surface area contributed by atoms with Crippen LogP contribution in [0.3, 0.4) is 0 Å². The maximum Gasteiger partial charge on any atom is 0.328 e. The Morgan fingerprint density at radius 3 is 1.92 bits per heavy atom. The van der Waals surface area contributed by atoms with Crippen LogP contribution in [0.25, 0.3) is 0 Å². The average molecular weight is 512 g/mol. The summed E-state index contributed by atoms with van der Waals surface area (Å²) in [4.78, 5) is 36.7. The van der Waals surface area contributed by atoms with Gasteiger partial charge in [0, 0.05) is 12.8 Å². The molecule has 9 heteroatoms. The first-order valence-corrected chi connectivity index (χ1v) is 11.5. The summed E-state index contributed by atoms with van der Waals surface area (Å²) < 4.78 is 42.8. The van der Waals surface area contributed by atoms with E-state index in [0.717, 1.165) is 0 Å². The number of hydrogen-bond acceptors (Lipinski definition) is 6. The van der Waals surface area contributed by atoms with Crippen molar-refractivity contribution in [3.05, 3.63) is 101 Å². The van der Waals surface area contributed by atoms with E-state index in [-0.39, 0.29) is 18.1 Å². The van der Waals surface area contributed by atoms with Crippen LogP contribution in [0, 0.1) is 11.6 Å². The Balaban J connectivity index is 1.71. The van der Waals surface area contributed by atoms with Gasteiger partial charge in [0.1, 0.15) is 29.5 Å². The predicted molar refractivity (Wildman–Crippen MR) is 131 cm³/mol. The van der Waals surface area contributed by atoms with E-state index in [1.54, 1.807) is 43.3 Å². The van der Waals surface area contributed by atoms with E-state index in [1.807, 2.05) is 0 Å². The van der Waals surface area contributed by atoms with E-state index in [9.17, 15) is 23.2 Å². The number of rotatable bonds is 10. The number of carbonyl (C=O) groups is 3. The van der Waals surface area contributed by atoms with E-state index in [4.69, 9.17) is 14.2 Å². The van der Waals surface area contributed by atoms with Gasteiger partial charge in [-0.05, 0) is 61.4 Å². The Morgan fingerprint density at radius 1 is 0.838 bits per heavy atom. The fourth-order valence-corrected chi connectivity index (χ4v) is 3.72. The summed E-state index contributed by atoms with van der Waals surface area (Å²) >= 11 is 0. The Morgan fingerprint density at radius 2 is 1.38 bits per heavy atom. The number of amides is 1. The molecule has 7 nitrogen and oxygen atoms in total. The van der Waals surface area contributed by atoms with Crippen LogP contribution >= 0.6 is 0 Å².